The predicted molar refractivity (Wildman–Crippen MR) is 212 cm³/mol. The van der Waals surface area contributed by atoms with Gasteiger partial charge in [-0.1, -0.05) is 102 Å². The molecule has 1 spiro atoms. The third kappa shape index (κ3) is 6.75. The average Bonchev–Trinajstić information content (AvgIpc) is 3.75. The van der Waals surface area contributed by atoms with Crippen LogP contribution in [0.1, 0.15) is 136 Å². The van der Waals surface area contributed by atoms with E-state index in [1.54, 1.807) is 0 Å². The highest BCUT2D eigenvalue weighted by Crippen LogP contribution is 2.78. The smallest absolute Gasteiger partial charge is 0.331 e. The van der Waals surface area contributed by atoms with Crippen LogP contribution in [0.3, 0.4) is 0 Å². The van der Waals surface area contributed by atoms with Crippen LogP contribution < -0.4 is 10.9 Å². The van der Waals surface area contributed by atoms with Gasteiger partial charge < -0.3 is 24.8 Å². The maximum atomic E-state index is 14.0. The molecule has 7 rings (SSSR count). The van der Waals surface area contributed by atoms with Gasteiger partial charge in [0.2, 0.25) is 0 Å². The van der Waals surface area contributed by atoms with E-state index < -0.39 is 51.2 Å². The van der Waals surface area contributed by atoms with Crippen molar-refractivity contribution in [2.75, 3.05) is 6.61 Å². The number of hydrazine groups is 1. The first-order valence-electron chi connectivity index (χ1n) is 21.6. The summed E-state index contributed by atoms with van der Waals surface area (Å²) in [5.74, 6) is -0.465. The van der Waals surface area contributed by atoms with Gasteiger partial charge in [0, 0.05) is 36.8 Å². The van der Waals surface area contributed by atoms with E-state index in [0.29, 0.717) is 38.0 Å². The molecule has 9 heteroatoms. The highest BCUT2D eigenvalue weighted by molar-refractivity contribution is 5.85. The van der Waals surface area contributed by atoms with Crippen LogP contribution in [-0.4, -0.2) is 62.9 Å². The first kappa shape index (κ1) is 40.6. The molecule has 3 saturated carbocycles. The molecule has 0 aromatic heterocycles. The SMILES string of the molecule is CCCCCC1CC2NNC3(OC(C)=O)CC4(C)C=CC(O)(CCC(C)CCCc5ccccc5)C5(C(O)CCC(C)(C2C1)C35)C4(O)CCC1=CC(=O)OC1. The van der Waals surface area contributed by atoms with Gasteiger partial charge in [0.1, 0.15) is 6.61 Å². The van der Waals surface area contributed by atoms with Crippen molar-refractivity contribution in [1.82, 2.24) is 10.9 Å². The Labute approximate surface area is 329 Å². The monoisotopic (exact) mass is 761 g/mol. The Morgan fingerprint density at radius 2 is 1.82 bits per heavy atom. The molecule has 0 radical (unpaired) electrons. The van der Waals surface area contributed by atoms with E-state index in [1.807, 2.05) is 25.1 Å². The van der Waals surface area contributed by atoms with Gasteiger partial charge in [0.15, 0.2) is 5.72 Å². The number of hydrogen-bond acceptors (Lipinski definition) is 9. The summed E-state index contributed by atoms with van der Waals surface area (Å²) in [6.07, 6.45) is 17.1. The summed E-state index contributed by atoms with van der Waals surface area (Å²) >= 11 is 0. The van der Waals surface area contributed by atoms with Gasteiger partial charge in [0.25, 0.3) is 0 Å². The Hall–Kier alpha value is -2.56. The van der Waals surface area contributed by atoms with E-state index in [-0.39, 0.29) is 43.3 Å². The first-order valence-corrected chi connectivity index (χ1v) is 21.6. The van der Waals surface area contributed by atoms with Gasteiger partial charge >= 0.3 is 11.9 Å². The minimum atomic E-state index is -1.64. The second-order valence-corrected chi connectivity index (χ2v) is 19.3. The lowest BCUT2D eigenvalue weighted by Gasteiger charge is -2.77. The number of ether oxygens (including phenoxy) is 2. The Kier molecular flexibility index (Phi) is 11.3. The summed E-state index contributed by atoms with van der Waals surface area (Å²) in [5, 5.41) is 40.7. The highest BCUT2D eigenvalue weighted by atomic mass is 16.6. The van der Waals surface area contributed by atoms with Crippen LogP contribution in [0.5, 0.6) is 0 Å². The molecule has 55 heavy (non-hydrogen) atoms. The number of aliphatic hydroxyl groups excluding tert-OH is 1. The van der Waals surface area contributed by atoms with E-state index in [4.69, 9.17) is 9.47 Å². The summed E-state index contributed by atoms with van der Waals surface area (Å²) in [6.45, 7) is 10.4. The summed E-state index contributed by atoms with van der Waals surface area (Å²) < 4.78 is 11.9. The molecule has 304 valence electrons. The lowest BCUT2D eigenvalue weighted by molar-refractivity contribution is -0.383. The van der Waals surface area contributed by atoms with Gasteiger partial charge in [0.05, 0.1) is 22.7 Å². The lowest BCUT2D eigenvalue weighted by Crippen LogP contribution is -2.87. The van der Waals surface area contributed by atoms with Crippen molar-refractivity contribution in [2.24, 2.45) is 39.9 Å². The zero-order valence-electron chi connectivity index (χ0n) is 34.1. The largest absolute Gasteiger partial charge is 0.458 e. The second-order valence-electron chi connectivity index (χ2n) is 19.3. The van der Waals surface area contributed by atoms with Gasteiger partial charge in [-0.3, -0.25) is 10.2 Å². The summed E-state index contributed by atoms with van der Waals surface area (Å²) in [6, 6.07) is 10.6. The van der Waals surface area contributed by atoms with Crippen molar-refractivity contribution in [1.29, 1.82) is 0 Å². The van der Waals surface area contributed by atoms with Crippen LogP contribution in [0.15, 0.2) is 54.1 Å². The molecule has 9 nitrogen and oxygen atoms in total. The van der Waals surface area contributed by atoms with E-state index in [2.05, 4.69) is 55.9 Å². The van der Waals surface area contributed by atoms with Crippen molar-refractivity contribution in [3.63, 3.8) is 0 Å². The number of aliphatic hydroxyl groups is 3. The molecule has 0 amide bonds. The number of cyclic esters (lactones) is 1. The minimum absolute atomic E-state index is 0.111. The van der Waals surface area contributed by atoms with E-state index in [9.17, 15) is 24.9 Å². The number of esters is 2. The zero-order chi connectivity index (χ0) is 39.3. The molecule has 1 saturated heterocycles. The number of nitrogens with one attached hydrogen (secondary N) is 2. The summed E-state index contributed by atoms with van der Waals surface area (Å²) in [7, 11) is 0. The Bertz CT molecular complexity index is 1630. The van der Waals surface area contributed by atoms with E-state index in [1.165, 1.54) is 44.2 Å². The molecular weight excluding hydrogens is 693 g/mol. The number of fused-ring (bicyclic) bond motifs is 3. The van der Waals surface area contributed by atoms with Crippen LogP contribution in [0.4, 0.5) is 0 Å². The number of rotatable bonds is 15. The van der Waals surface area contributed by atoms with Crippen LogP contribution >= 0.6 is 0 Å². The first-order chi connectivity index (χ1) is 26.2. The second kappa shape index (κ2) is 15.3. The number of benzene rings is 1. The molecule has 2 aliphatic heterocycles. The van der Waals surface area contributed by atoms with Gasteiger partial charge in [-0.25, -0.2) is 10.2 Å². The molecule has 6 aliphatic rings. The van der Waals surface area contributed by atoms with Gasteiger partial charge in [-0.05, 0) is 98.5 Å². The van der Waals surface area contributed by atoms with Gasteiger partial charge in [-0.2, -0.15) is 0 Å². The van der Waals surface area contributed by atoms with Crippen LogP contribution in [0.2, 0.25) is 0 Å². The van der Waals surface area contributed by atoms with Crippen molar-refractivity contribution >= 4 is 11.9 Å². The van der Waals surface area contributed by atoms with Crippen LogP contribution in [0, 0.1) is 39.9 Å². The van der Waals surface area contributed by atoms with E-state index >= 15 is 0 Å². The normalized spacial score (nSPS) is 42.1. The fourth-order valence-corrected chi connectivity index (χ4v) is 13.4. The molecule has 12 unspecified atom stereocenters. The summed E-state index contributed by atoms with van der Waals surface area (Å²) in [5.41, 5.74) is 1.85. The third-order valence-corrected chi connectivity index (χ3v) is 15.8. The molecule has 12 atom stereocenters. The average molecular weight is 761 g/mol. The molecular formula is C46H68N2O7. The standard InChI is InChI=1S/C46H68N2O7/c1-6-7-9-16-34-26-36-37(27-34)47-48-44(55-32(3)49)30-41(4)24-25-43(52,22-18-31(2)13-12-17-33-14-10-8-11-15-33)46(38(50)20-21-42(36,5)40(44)46)45(41,53)23-19-35-28-39(51)54-29-35/h8,10-11,14-15,24-25,28,31,34,36-38,40,47-48,50,52-53H,6-7,9,12-13,16-23,26-27,29-30H2,1-5H3. The number of hydrogen-bond donors (Lipinski definition) is 5. The number of carbonyl (C=O) groups is 2. The maximum absolute atomic E-state index is 14.0. The molecule has 4 aliphatic carbocycles. The van der Waals surface area contributed by atoms with Crippen molar-refractivity contribution in [2.45, 2.75) is 166 Å². The quantitative estimate of drug-likeness (QED) is 0.0712. The number of aryl methyl sites for hydroxylation is 1. The molecule has 2 bridgehead atoms. The summed E-state index contributed by atoms with van der Waals surface area (Å²) in [4.78, 5) is 25.6. The number of carbonyl (C=O) groups excluding carboxylic acids is 2. The van der Waals surface area contributed by atoms with E-state index in [0.717, 1.165) is 37.7 Å². The Morgan fingerprint density at radius 1 is 1.04 bits per heavy atom. The molecule has 5 N–H and O–H groups in total. The van der Waals surface area contributed by atoms with Crippen LogP contribution in [0.25, 0.3) is 0 Å². The molecule has 4 fully saturated rings. The zero-order valence-corrected chi connectivity index (χ0v) is 34.1. The molecule has 1 aromatic rings. The van der Waals surface area contributed by atoms with Crippen molar-refractivity contribution < 1.29 is 34.4 Å². The fourth-order valence-electron chi connectivity index (χ4n) is 13.4. The minimum Gasteiger partial charge on any atom is -0.458 e. The molecule has 1 aromatic carbocycles. The third-order valence-electron chi connectivity index (χ3n) is 15.8. The Morgan fingerprint density at radius 3 is 2.53 bits per heavy atom. The van der Waals surface area contributed by atoms with Crippen LogP contribution in [-0.2, 0) is 25.5 Å². The van der Waals surface area contributed by atoms with Gasteiger partial charge in [-0.15, -0.1) is 0 Å². The van der Waals surface area contributed by atoms with Crippen molar-refractivity contribution in [3.8, 4) is 0 Å². The Balaban J connectivity index is 1.33. The molecule has 2 heterocycles. The van der Waals surface area contributed by atoms with Crippen molar-refractivity contribution in [3.05, 3.63) is 59.7 Å². The topological polar surface area (TPSA) is 137 Å². The maximum Gasteiger partial charge on any atom is 0.331 e. The predicted octanol–water partition coefficient (Wildman–Crippen LogP) is 7.24. The fraction of sp³-hybridized carbons (Fsp3) is 0.739. The lowest BCUT2D eigenvalue weighted by atomic mass is 9.30. The highest BCUT2D eigenvalue weighted by Gasteiger charge is 2.85. The number of unbranched alkanes of at least 4 members (excludes halogenated alkanes) is 2.